The Morgan fingerprint density at radius 1 is 0.750 bits per heavy atom. The van der Waals surface area contributed by atoms with E-state index < -0.39 is 25.2 Å². The lowest BCUT2D eigenvalue weighted by Crippen LogP contribution is -2.52. The summed E-state index contributed by atoms with van der Waals surface area (Å²) < 4.78 is 18.2. The van der Waals surface area contributed by atoms with Crippen molar-refractivity contribution in [1.82, 2.24) is 0 Å². The zero-order valence-electron chi connectivity index (χ0n) is 15.0. The van der Waals surface area contributed by atoms with Crippen molar-refractivity contribution in [3.05, 3.63) is 0 Å². The van der Waals surface area contributed by atoms with E-state index in [1.807, 2.05) is 0 Å². The third kappa shape index (κ3) is 10.3. The Labute approximate surface area is 129 Å². The third-order valence-corrected chi connectivity index (χ3v) is 14.8. The van der Waals surface area contributed by atoms with Gasteiger partial charge in [0.25, 0.3) is 0 Å². The minimum atomic E-state index is -2.00. The lowest BCUT2D eigenvalue weighted by atomic mass is 10.4. The molecule has 122 valence electrons. The Morgan fingerprint density at radius 3 is 1.60 bits per heavy atom. The molecule has 0 aliphatic rings. The van der Waals surface area contributed by atoms with Gasteiger partial charge in [-0.1, -0.05) is 19.8 Å². The average molecular weight is 337 g/mol. The maximum absolute atomic E-state index is 6.53. The summed E-state index contributed by atoms with van der Waals surface area (Å²) in [5.74, 6) is 0. The van der Waals surface area contributed by atoms with Gasteiger partial charge in [0.1, 0.15) is 0 Å². The van der Waals surface area contributed by atoms with Gasteiger partial charge in [0.05, 0.1) is 0 Å². The minimum absolute atomic E-state index is 0.833. The summed E-state index contributed by atoms with van der Waals surface area (Å²) in [5.41, 5.74) is 0. The summed E-state index contributed by atoms with van der Waals surface area (Å²) in [4.78, 5) is 0. The highest BCUT2D eigenvalue weighted by Gasteiger charge is 2.39. The van der Waals surface area contributed by atoms with Crippen LogP contribution < -0.4 is 0 Å². The fraction of sp³-hybridized carbons (Fsp3) is 1.00. The lowest BCUT2D eigenvalue weighted by molar-refractivity contribution is 0.198. The zero-order chi connectivity index (χ0) is 15.9. The van der Waals surface area contributed by atoms with Crippen LogP contribution in [-0.2, 0) is 13.0 Å². The number of ether oxygens (including phenoxy) is 1. The molecule has 0 saturated carbocycles. The van der Waals surface area contributed by atoms with Gasteiger partial charge in [-0.3, -0.25) is 0 Å². The fourth-order valence-corrected chi connectivity index (χ4v) is 16.9. The summed E-state index contributed by atoms with van der Waals surface area (Å²) in [5, 5.41) is 0. The first kappa shape index (κ1) is 20.5. The number of rotatable bonds is 11. The second kappa shape index (κ2) is 8.85. The molecular formula is C14H36O3Si3. The lowest BCUT2D eigenvalue weighted by Gasteiger charge is -2.38. The van der Waals surface area contributed by atoms with Crippen molar-refractivity contribution in [3.8, 4) is 0 Å². The summed E-state index contributed by atoms with van der Waals surface area (Å²) in [7, 11) is -3.43. The average Bonchev–Trinajstić information content (AvgIpc) is 2.23. The van der Waals surface area contributed by atoms with E-state index in [0.717, 1.165) is 19.1 Å². The molecule has 0 fully saturated rings. The highest BCUT2D eigenvalue weighted by molar-refractivity contribution is 6.87. The summed E-state index contributed by atoms with van der Waals surface area (Å²) >= 11 is 0. The van der Waals surface area contributed by atoms with Gasteiger partial charge in [0.2, 0.25) is 0 Å². The van der Waals surface area contributed by atoms with Crippen LogP contribution in [0.4, 0.5) is 0 Å². The molecule has 20 heavy (non-hydrogen) atoms. The van der Waals surface area contributed by atoms with Crippen molar-refractivity contribution in [2.24, 2.45) is 0 Å². The van der Waals surface area contributed by atoms with Crippen LogP contribution in [0.15, 0.2) is 0 Å². The maximum atomic E-state index is 6.53. The second-order valence-electron chi connectivity index (χ2n) is 7.32. The number of hydrogen-bond acceptors (Lipinski definition) is 3. The van der Waals surface area contributed by atoms with E-state index in [4.69, 9.17) is 13.0 Å². The van der Waals surface area contributed by atoms with Crippen LogP contribution >= 0.6 is 0 Å². The van der Waals surface area contributed by atoms with E-state index >= 15 is 0 Å². The van der Waals surface area contributed by atoms with Crippen molar-refractivity contribution in [2.75, 3.05) is 13.7 Å². The number of methoxy groups -OCH3 is 1. The van der Waals surface area contributed by atoms with Crippen molar-refractivity contribution in [2.45, 2.75) is 77.6 Å². The number of hydrogen-bond donors (Lipinski definition) is 0. The summed E-state index contributed by atoms with van der Waals surface area (Å²) in [6.07, 6.45) is 3.62. The third-order valence-electron chi connectivity index (χ3n) is 3.30. The second-order valence-corrected chi connectivity index (χ2v) is 19.8. The van der Waals surface area contributed by atoms with E-state index in [9.17, 15) is 0 Å². The van der Waals surface area contributed by atoms with Gasteiger partial charge in [-0.25, -0.2) is 0 Å². The van der Waals surface area contributed by atoms with Crippen LogP contribution in [0, 0.1) is 0 Å². The Bertz CT molecular complexity index is 268. The first-order valence-corrected chi connectivity index (χ1v) is 17.0. The molecular weight excluding hydrogens is 300 g/mol. The molecule has 0 aromatic heterocycles. The molecule has 0 rings (SSSR count). The predicted molar refractivity (Wildman–Crippen MR) is 95.6 cm³/mol. The van der Waals surface area contributed by atoms with Gasteiger partial charge in [-0.15, -0.1) is 0 Å². The van der Waals surface area contributed by atoms with E-state index in [1.165, 1.54) is 18.9 Å². The molecule has 0 unspecified atom stereocenters. The van der Waals surface area contributed by atoms with Crippen molar-refractivity contribution in [3.63, 3.8) is 0 Å². The molecule has 0 saturated heterocycles. The van der Waals surface area contributed by atoms with E-state index in [-0.39, 0.29) is 0 Å². The van der Waals surface area contributed by atoms with Crippen LogP contribution in [0.5, 0.6) is 0 Å². The molecule has 0 aromatic rings. The van der Waals surface area contributed by atoms with Gasteiger partial charge >= 0.3 is 8.56 Å². The predicted octanol–water partition coefficient (Wildman–Crippen LogP) is 4.97. The van der Waals surface area contributed by atoms with Crippen molar-refractivity contribution in [1.29, 1.82) is 0 Å². The monoisotopic (exact) mass is 336 g/mol. The smallest absolute Gasteiger partial charge is 0.311 e. The van der Waals surface area contributed by atoms with Crippen LogP contribution in [0.2, 0.25) is 51.4 Å². The van der Waals surface area contributed by atoms with Crippen LogP contribution in [0.3, 0.4) is 0 Å². The van der Waals surface area contributed by atoms with Crippen LogP contribution in [0.1, 0.15) is 26.2 Å². The van der Waals surface area contributed by atoms with Gasteiger partial charge in [-0.05, 0) is 57.8 Å². The van der Waals surface area contributed by atoms with Crippen molar-refractivity contribution < 1.29 is 13.0 Å². The van der Waals surface area contributed by atoms with Gasteiger partial charge in [-0.2, -0.15) is 0 Å². The number of unbranched alkanes of at least 4 members (excludes halogenated alkanes) is 1. The molecule has 0 aromatic carbocycles. The Balaban J connectivity index is 4.40. The molecule has 3 nitrogen and oxygen atoms in total. The highest BCUT2D eigenvalue weighted by atomic mass is 28.5. The van der Waals surface area contributed by atoms with Gasteiger partial charge < -0.3 is 13.0 Å². The highest BCUT2D eigenvalue weighted by Crippen LogP contribution is 2.26. The fourth-order valence-electron chi connectivity index (χ4n) is 2.70. The molecule has 0 spiro atoms. The Hall–Kier alpha value is 0.531. The largest absolute Gasteiger partial charge is 0.437 e. The molecule has 0 amide bonds. The normalized spacial score (nSPS) is 13.8. The Morgan fingerprint density at radius 2 is 1.20 bits per heavy atom. The first-order chi connectivity index (χ1) is 9.04. The Kier molecular flexibility index (Phi) is 9.08. The van der Waals surface area contributed by atoms with Gasteiger partial charge in [0, 0.05) is 13.7 Å². The molecule has 0 N–H and O–H groups in total. The molecule has 0 atom stereocenters. The maximum Gasteiger partial charge on any atom is 0.311 e. The van der Waals surface area contributed by atoms with E-state index in [0.29, 0.717) is 0 Å². The van der Waals surface area contributed by atoms with Gasteiger partial charge in [0.15, 0.2) is 16.6 Å². The molecule has 0 aliphatic carbocycles. The molecule has 0 bridgehead atoms. The van der Waals surface area contributed by atoms with E-state index in [1.54, 1.807) is 7.11 Å². The summed E-state index contributed by atoms with van der Waals surface area (Å²) in [6.45, 7) is 16.8. The first-order valence-electron chi connectivity index (χ1n) is 7.93. The SMILES string of the molecule is CCCC[Si](C)(C)O[Si](C)(C)O[Si](C)(C)CCCOC. The molecule has 0 radical (unpaired) electrons. The van der Waals surface area contributed by atoms with Crippen molar-refractivity contribution >= 4 is 25.2 Å². The minimum Gasteiger partial charge on any atom is -0.437 e. The summed E-state index contributed by atoms with van der Waals surface area (Å²) in [6, 6.07) is 2.40. The topological polar surface area (TPSA) is 27.7 Å². The van der Waals surface area contributed by atoms with Crippen LogP contribution in [0.25, 0.3) is 0 Å². The van der Waals surface area contributed by atoms with Crippen LogP contribution in [-0.4, -0.2) is 38.9 Å². The quantitative estimate of drug-likeness (QED) is 0.394. The van der Waals surface area contributed by atoms with E-state index in [2.05, 4.69) is 46.2 Å². The molecule has 0 heterocycles. The zero-order valence-corrected chi connectivity index (χ0v) is 18.0. The standard InChI is InChI=1S/C14H36O3Si3/c1-9-10-13-18(3,4)16-20(7,8)17-19(5,6)14-11-12-15-2/h9-14H2,1-8H3. The molecule has 6 heteroatoms. The molecule has 0 aliphatic heterocycles.